The van der Waals surface area contributed by atoms with Gasteiger partial charge in [-0.05, 0) is 24.3 Å². The second-order valence-electron chi connectivity index (χ2n) is 3.86. The lowest BCUT2D eigenvalue weighted by Gasteiger charge is -2.09. The Labute approximate surface area is 124 Å². The fourth-order valence-corrected chi connectivity index (χ4v) is 1.95. The van der Waals surface area contributed by atoms with Crippen molar-refractivity contribution in [3.8, 4) is 11.5 Å². The molecule has 0 unspecified atom stereocenters. The normalized spacial score (nSPS) is 10.3. The van der Waals surface area contributed by atoms with E-state index in [1.807, 2.05) is 0 Å². The summed E-state index contributed by atoms with van der Waals surface area (Å²) in [5.41, 5.74) is -0.0114. The molecule has 0 fully saturated rings. The van der Waals surface area contributed by atoms with E-state index in [0.717, 1.165) is 0 Å². The highest BCUT2D eigenvalue weighted by Gasteiger charge is 2.15. The zero-order valence-corrected chi connectivity index (χ0v) is 11.6. The lowest BCUT2D eigenvalue weighted by atomic mass is 10.2. The number of rotatable bonds is 4. The summed E-state index contributed by atoms with van der Waals surface area (Å²) in [6, 6.07) is 8.98. The Bertz CT molecular complexity index is 661. The molecule has 0 radical (unpaired) electrons. The summed E-state index contributed by atoms with van der Waals surface area (Å²) in [5, 5.41) is 20.5. The Balaban J connectivity index is 2.35. The van der Waals surface area contributed by atoms with Crippen molar-refractivity contribution in [1.82, 2.24) is 0 Å². The second kappa shape index (κ2) is 6.09. The molecule has 7 heteroatoms. The number of ether oxygens (including phenoxy) is 1. The van der Waals surface area contributed by atoms with E-state index in [9.17, 15) is 10.1 Å². The van der Waals surface area contributed by atoms with Gasteiger partial charge in [-0.15, -0.1) is 0 Å². The standard InChI is InChI=1S/C13H9Cl2NO4/c14-10-2-1-3-12(13(10)15)20-9-4-5-11(16(18)19)8(6-9)7-17/h1-6,17H,7H2. The summed E-state index contributed by atoms with van der Waals surface area (Å²) >= 11 is 11.8. The SMILES string of the molecule is O=[N+]([O-])c1ccc(Oc2cccc(Cl)c2Cl)cc1CO. The second-order valence-corrected chi connectivity index (χ2v) is 4.64. The maximum atomic E-state index is 10.8. The number of nitro groups is 1. The van der Waals surface area contributed by atoms with Crippen LogP contribution in [0.4, 0.5) is 5.69 Å². The topological polar surface area (TPSA) is 72.6 Å². The van der Waals surface area contributed by atoms with Gasteiger partial charge in [-0.2, -0.15) is 0 Å². The molecule has 2 aromatic carbocycles. The van der Waals surface area contributed by atoms with Gasteiger partial charge in [0, 0.05) is 6.07 Å². The van der Waals surface area contributed by atoms with Gasteiger partial charge in [0.15, 0.2) is 0 Å². The molecule has 0 spiro atoms. The molecular formula is C13H9Cl2NO4. The predicted molar refractivity (Wildman–Crippen MR) is 75.6 cm³/mol. The van der Waals surface area contributed by atoms with Crippen molar-refractivity contribution in [3.63, 3.8) is 0 Å². The number of hydrogen-bond donors (Lipinski definition) is 1. The van der Waals surface area contributed by atoms with Crippen molar-refractivity contribution in [2.75, 3.05) is 0 Å². The lowest BCUT2D eigenvalue weighted by molar-refractivity contribution is -0.385. The molecular weight excluding hydrogens is 305 g/mol. The van der Waals surface area contributed by atoms with Crippen LogP contribution in [0.2, 0.25) is 10.0 Å². The molecule has 0 saturated carbocycles. The summed E-state index contributed by atoms with van der Waals surface area (Å²) in [6.45, 7) is -0.462. The number of halogens is 2. The first kappa shape index (κ1) is 14.6. The Morgan fingerprint density at radius 2 is 2.00 bits per heavy atom. The van der Waals surface area contributed by atoms with E-state index in [1.165, 1.54) is 18.2 Å². The maximum absolute atomic E-state index is 10.8. The fourth-order valence-electron chi connectivity index (χ4n) is 1.62. The molecule has 0 amide bonds. The highest BCUT2D eigenvalue weighted by molar-refractivity contribution is 6.42. The molecule has 0 bridgehead atoms. The van der Waals surface area contributed by atoms with E-state index in [4.69, 9.17) is 33.0 Å². The Morgan fingerprint density at radius 3 is 2.65 bits per heavy atom. The smallest absolute Gasteiger partial charge is 0.275 e. The fraction of sp³-hybridized carbons (Fsp3) is 0.0769. The van der Waals surface area contributed by atoms with Crippen molar-refractivity contribution in [3.05, 3.63) is 62.1 Å². The van der Waals surface area contributed by atoms with Crippen molar-refractivity contribution in [2.45, 2.75) is 6.61 Å². The van der Waals surface area contributed by atoms with Gasteiger partial charge in [-0.3, -0.25) is 10.1 Å². The molecule has 20 heavy (non-hydrogen) atoms. The first-order valence-electron chi connectivity index (χ1n) is 5.53. The van der Waals surface area contributed by atoms with Gasteiger partial charge in [0.2, 0.25) is 0 Å². The average Bonchev–Trinajstić information content (AvgIpc) is 2.43. The van der Waals surface area contributed by atoms with E-state index in [-0.39, 0.29) is 16.3 Å². The third-order valence-corrected chi connectivity index (χ3v) is 3.36. The minimum Gasteiger partial charge on any atom is -0.456 e. The third kappa shape index (κ3) is 3.01. The van der Waals surface area contributed by atoms with E-state index in [0.29, 0.717) is 16.5 Å². The van der Waals surface area contributed by atoms with Gasteiger partial charge >= 0.3 is 0 Å². The van der Waals surface area contributed by atoms with E-state index < -0.39 is 11.5 Å². The molecule has 2 rings (SSSR count). The van der Waals surface area contributed by atoms with Gasteiger partial charge < -0.3 is 9.84 Å². The summed E-state index contributed by atoms with van der Waals surface area (Å²) < 4.78 is 5.52. The molecule has 0 atom stereocenters. The van der Waals surface area contributed by atoms with Crippen LogP contribution < -0.4 is 4.74 Å². The Morgan fingerprint density at radius 1 is 1.25 bits per heavy atom. The predicted octanol–water partition coefficient (Wildman–Crippen LogP) is 4.19. The number of benzene rings is 2. The number of hydrogen-bond acceptors (Lipinski definition) is 4. The monoisotopic (exact) mass is 313 g/mol. The number of aliphatic hydroxyl groups excluding tert-OH is 1. The molecule has 0 aliphatic rings. The molecule has 0 heterocycles. The van der Waals surface area contributed by atoms with Crippen LogP contribution in [-0.2, 0) is 6.61 Å². The van der Waals surface area contributed by atoms with Gasteiger partial charge in [0.1, 0.15) is 16.5 Å². The Kier molecular flexibility index (Phi) is 4.44. The van der Waals surface area contributed by atoms with Crippen LogP contribution in [0.15, 0.2) is 36.4 Å². The first-order valence-corrected chi connectivity index (χ1v) is 6.28. The number of aliphatic hydroxyl groups is 1. The van der Waals surface area contributed by atoms with Crippen LogP contribution in [0, 0.1) is 10.1 Å². The molecule has 0 aromatic heterocycles. The molecule has 0 aliphatic carbocycles. The van der Waals surface area contributed by atoms with Crippen LogP contribution in [0.5, 0.6) is 11.5 Å². The average molecular weight is 314 g/mol. The van der Waals surface area contributed by atoms with Crippen molar-refractivity contribution in [2.24, 2.45) is 0 Å². The minimum atomic E-state index is -0.568. The first-order chi connectivity index (χ1) is 9.52. The van der Waals surface area contributed by atoms with E-state index in [1.54, 1.807) is 18.2 Å². The number of nitro benzene ring substituents is 1. The molecule has 5 nitrogen and oxygen atoms in total. The van der Waals surface area contributed by atoms with Crippen LogP contribution in [0.25, 0.3) is 0 Å². The zero-order chi connectivity index (χ0) is 14.7. The van der Waals surface area contributed by atoms with Gasteiger partial charge in [-0.1, -0.05) is 29.3 Å². The van der Waals surface area contributed by atoms with Gasteiger partial charge in [0.05, 0.1) is 22.1 Å². The molecule has 104 valence electrons. The zero-order valence-electron chi connectivity index (χ0n) is 10.0. The van der Waals surface area contributed by atoms with Crippen LogP contribution in [0.3, 0.4) is 0 Å². The number of nitrogens with zero attached hydrogens (tertiary/aromatic N) is 1. The quantitative estimate of drug-likeness (QED) is 0.678. The van der Waals surface area contributed by atoms with Crippen molar-refractivity contribution in [1.29, 1.82) is 0 Å². The van der Waals surface area contributed by atoms with E-state index >= 15 is 0 Å². The van der Waals surface area contributed by atoms with Gasteiger partial charge in [-0.25, -0.2) is 0 Å². The summed E-state index contributed by atoms with van der Waals surface area (Å²) in [7, 11) is 0. The molecule has 0 saturated heterocycles. The summed E-state index contributed by atoms with van der Waals surface area (Å²) in [6.07, 6.45) is 0. The summed E-state index contributed by atoms with van der Waals surface area (Å²) in [5.74, 6) is 0.653. The highest BCUT2D eigenvalue weighted by Crippen LogP contribution is 2.35. The Hall–Kier alpha value is -1.82. The van der Waals surface area contributed by atoms with Crippen LogP contribution in [0.1, 0.15) is 5.56 Å². The van der Waals surface area contributed by atoms with Gasteiger partial charge in [0.25, 0.3) is 5.69 Å². The van der Waals surface area contributed by atoms with Crippen molar-refractivity contribution < 1.29 is 14.8 Å². The van der Waals surface area contributed by atoms with E-state index in [2.05, 4.69) is 0 Å². The molecule has 2 aromatic rings. The third-order valence-electron chi connectivity index (χ3n) is 2.56. The lowest BCUT2D eigenvalue weighted by Crippen LogP contribution is -1.96. The maximum Gasteiger partial charge on any atom is 0.275 e. The highest BCUT2D eigenvalue weighted by atomic mass is 35.5. The van der Waals surface area contributed by atoms with Crippen molar-refractivity contribution >= 4 is 28.9 Å². The molecule has 0 aliphatic heterocycles. The molecule has 1 N–H and O–H groups in total. The summed E-state index contributed by atoms with van der Waals surface area (Å²) in [4.78, 5) is 10.2. The van der Waals surface area contributed by atoms with Crippen LogP contribution >= 0.6 is 23.2 Å². The minimum absolute atomic E-state index is 0.158. The van der Waals surface area contributed by atoms with Crippen LogP contribution in [-0.4, -0.2) is 10.0 Å². The largest absolute Gasteiger partial charge is 0.456 e.